The SMILES string of the molecule is O=C(c1ccccc1C(F)(F)F)N1CCN(c2cccc3c2C(=O)N(Cc2cccnc2)C3=O)CC1. The fraction of sp³-hybridized carbons (Fsp3) is 0.231. The van der Waals surface area contributed by atoms with E-state index < -0.39 is 29.5 Å². The van der Waals surface area contributed by atoms with Crippen LogP contribution in [0.1, 0.15) is 42.2 Å². The molecule has 0 N–H and O–H groups in total. The zero-order valence-corrected chi connectivity index (χ0v) is 19.0. The number of hydrogen-bond donors (Lipinski definition) is 0. The normalized spacial score (nSPS) is 15.9. The van der Waals surface area contributed by atoms with E-state index in [1.54, 1.807) is 42.7 Å². The second kappa shape index (κ2) is 9.10. The maximum Gasteiger partial charge on any atom is 0.417 e. The third-order valence-electron chi connectivity index (χ3n) is 6.41. The molecule has 184 valence electrons. The summed E-state index contributed by atoms with van der Waals surface area (Å²) in [7, 11) is 0. The van der Waals surface area contributed by atoms with Crippen LogP contribution in [0.2, 0.25) is 0 Å². The van der Waals surface area contributed by atoms with Gasteiger partial charge in [0, 0.05) is 38.6 Å². The molecule has 10 heteroatoms. The van der Waals surface area contributed by atoms with Crippen LogP contribution < -0.4 is 4.90 Å². The largest absolute Gasteiger partial charge is 0.417 e. The molecule has 0 radical (unpaired) electrons. The maximum atomic E-state index is 13.4. The van der Waals surface area contributed by atoms with Crippen molar-refractivity contribution in [3.05, 3.63) is 94.8 Å². The molecule has 1 aromatic heterocycles. The van der Waals surface area contributed by atoms with E-state index in [4.69, 9.17) is 0 Å². The van der Waals surface area contributed by atoms with Gasteiger partial charge in [-0.3, -0.25) is 24.3 Å². The first-order chi connectivity index (χ1) is 17.3. The highest BCUT2D eigenvalue weighted by Crippen LogP contribution is 2.34. The average molecular weight is 494 g/mol. The molecule has 3 heterocycles. The van der Waals surface area contributed by atoms with Crippen molar-refractivity contribution in [2.75, 3.05) is 31.1 Å². The Balaban J connectivity index is 1.33. The Morgan fingerprint density at radius 1 is 0.889 bits per heavy atom. The lowest BCUT2D eigenvalue weighted by Gasteiger charge is -2.37. The van der Waals surface area contributed by atoms with Gasteiger partial charge in [-0.05, 0) is 35.9 Å². The second-order valence-corrected chi connectivity index (χ2v) is 8.58. The van der Waals surface area contributed by atoms with Gasteiger partial charge in [0.25, 0.3) is 17.7 Å². The second-order valence-electron chi connectivity index (χ2n) is 8.58. The number of aromatic nitrogens is 1. The van der Waals surface area contributed by atoms with E-state index in [-0.39, 0.29) is 25.2 Å². The number of carbonyl (C=O) groups is 3. The molecule has 5 rings (SSSR count). The van der Waals surface area contributed by atoms with Gasteiger partial charge in [0.1, 0.15) is 0 Å². The van der Waals surface area contributed by atoms with Crippen molar-refractivity contribution < 1.29 is 27.6 Å². The third kappa shape index (κ3) is 4.19. The number of carbonyl (C=O) groups excluding carboxylic acids is 3. The number of alkyl halides is 3. The number of pyridine rings is 1. The Morgan fingerprint density at radius 2 is 1.64 bits per heavy atom. The molecule has 7 nitrogen and oxygen atoms in total. The van der Waals surface area contributed by atoms with E-state index in [2.05, 4.69) is 4.98 Å². The number of amides is 3. The first kappa shape index (κ1) is 23.5. The Hall–Kier alpha value is -4.21. The van der Waals surface area contributed by atoms with E-state index in [0.29, 0.717) is 29.9 Å². The van der Waals surface area contributed by atoms with Gasteiger partial charge < -0.3 is 9.80 Å². The number of imide groups is 1. The summed E-state index contributed by atoms with van der Waals surface area (Å²) in [5.41, 5.74) is 0.553. The third-order valence-corrected chi connectivity index (χ3v) is 6.41. The number of rotatable bonds is 4. The van der Waals surface area contributed by atoms with E-state index in [0.717, 1.165) is 11.6 Å². The molecule has 0 unspecified atom stereocenters. The highest BCUT2D eigenvalue weighted by Gasteiger charge is 2.40. The topological polar surface area (TPSA) is 73.8 Å². The lowest BCUT2D eigenvalue weighted by Crippen LogP contribution is -2.49. The molecule has 3 amide bonds. The summed E-state index contributed by atoms with van der Waals surface area (Å²) >= 11 is 0. The van der Waals surface area contributed by atoms with Crippen LogP contribution in [-0.4, -0.2) is 58.7 Å². The van der Waals surface area contributed by atoms with Crippen LogP contribution in [0.25, 0.3) is 0 Å². The molecule has 2 aliphatic heterocycles. The van der Waals surface area contributed by atoms with Crippen molar-refractivity contribution in [1.29, 1.82) is 0 Å². The summed E-state index contributed by atoms with van der Waals surface area (Å²) in [6.07, 6.45) is -1.43. The summed E-state index contributed by atoms with van der Waals surface area (Å²) in [6.45, 7) is 1.06. The van der Waals surface area contributed by atoms with E-state index in [9.17, 15) is 27.6 Å². The summed E-state index contributed by atoms with van der Waals surface area (Å²) in [5, 5.41) is 0. The van der Waals surface area contributed by atoms with Crippen molar-refractivity contribution in [2.24, 2.45) is 0 Å². The molecule has 3 aromatic rings. The number of benzene rings is 2. The van der Waals surface area contributed by atoms with Crippen molar-refractivity contribution in [1.82, 2.24) is 14.8 Å². The van der Waals surface area contributed by atoms with Crippen LogP contribution in [-0.2, 0) is 12.7 Å². The van der Waals surface area contributed by atoms with Crippen LogP contribution in [0.4, 0.5) is 18.9 Å². The fourth-order valence-electron chi connectivity index (χ4n) is 4.63. The molecule has 0 bridgehead atoms. The van der Waals surface area contributed by atoms with Crippen molar-refractivity contribution >= 4 is 23.4 Å². The maximum absolute atomic E-state index is 13.4. The number of fused-ring (bicyclic) bond motifs is 1. The van der Waals surface area contributed by atoms with Gasteiger partial charge in [0.2, 0.25) is 0 Å². The molecule has 1 fully saturated rings. The summed E-state index contributed by atoms with van der Waals surface area (Å²) < 4.78 is 40.1. The molecule has 0 aliphatic carbocycles. The van der Waals surface area contributed by atoms with Gasteiger partial charge in [-0.25, -0.2) is 0 Å². The van der Waals surface area contributed by atoms with Crippen molar-refractivity contribution in [3.8, 4) is 0 Å². The van der Waals surface area contributed by atoms with E-state index >= 15 is 0 Å². The fourth-order valence-corrected chi connectivity index (χ4v) is 4.63. The summed E-state index contributed by atoms with van der Waals surface area (Å²) in [5.74, 6) is -1.49. The lowest BCUT2D eigenvalue weighted by atomic mass is 10.0. The van der Waals surface area contributed by atoms with Crippen molar-refractivity contribution in [3.63, 3.8) is 0 Å². The molecule has 0 spiro atoms. The first-order valence-electron chi connectivity index (χ1n) is 11.3. The van der Waals surface area contributed by atoms with Crippen LogP contribution in [0.3, 0.4) is 0 Å². The standard InChI is InChI=1S/C26H21F3N4O3/c27-26(28,29)20-8-2-1-6-18(20)23(34)32-13-11-31(12-14-32)21-9-3-7-19-22(21)25(36)33(24(19)35)16-17-5-4-10-30-15-17/h1-10,15H,11-14,16H2. The molecule has 36 heavy (non-hydrogen) atoms. The molecule has 0 saturated carbocycles. The van der Waals surface area contributed by atoms with Gasteiger partial charge in [-0.1, -0.05) is 24.3 Å². The minimum absolute atomic E-state index is 0.0977. The van der Waals surface area contributed by atoms with Gasteiger partial charge in [0.05, 0.1) is 34.5 Å². The predicted molar refractivity (Wildman–Crippen MR) is 124 cm³/mol. The Labute approximate surface area is 204 Å². The first-order valence-corrected chi connectivity index (χ1v) is 11.3. The lowest BCUT2D eigenvalue weighted by molar-refractivity contribution is -0.138. The number of anilines is 1. The number of nitrogens with zero attached hydrogens (tertiary/aromatic N) is 4. The van der Waals surface area contributed by atoms with E-state index in [1.165, 1.54) is 28.0 Å². The van der Waals surface area contributed by atoms with Gasteiger partial charge in [-0.15, -0.1) is 0 Å². The quantitative estimate of drug-likeness (QED) is 0.515. The number of hydrogen-bond acceptors (Lipinski definition) is 5. The van der Waals surface area contributed by atoms with Crippen molar-refractivity contribution in [2.45, 2.75) is 12.7 Å². The highest BCUT2D eigenvalue weighted by atomic mass is 19.4. The van der Waals surface area contributed by atoms with Gasteiger partial charge in [0.15, 0.2) is 0 Å². The minimum atomic E-state index is -4.63. The van der Waals surface area contributed by atoms with Crippen LogP contribution in [0.15, 0.2) is 67.0 Å². The zero-order valence-electron chi connectivity index (χ0n) is 19.0. The Morgan fingerprint density at radius 3 is 2.33 bits per heavy atom. The van der Waals surface area contributed by atoms with Gasteiger partial charge >= 0.3 is 6.18 Å². The molecule has 1 saturated heterocycles. The zero-order chi connectivity index (χ0) is 25.4. The highest BCUT2D eigenvalue weighted by molar-refractivity contribution is 6.23. The molecular formula is C26H21F3N4O3. The van der Waals surface area contributed by atoms with Gasteiger partial charge in [-0.2, -0.15) is 13.2 Å². The molecule has 2 aromatic carbocycles. The van der Waals surface area contributed by atoms with Crippen LogP contribution in [0, 0.1) is 0 Å². The molecule has 0 atom stereocenters. The Kier molecular flexibility index (Phi) is 5.95. The van der Waals surface area contributed by atoms with Crippen LogP contribution in [0.5, 0.6) is 0 Å². The summed E-state index contributed by atoms with van der Waals surface area (Å²) in [4.78, 5) is 47.6. The minimum Gasteiger partial charge on any atom is -0.367 e. The van der Waals surface area contributed by atoms with Crippen LogP contribution >= 0.6 is 0 Å². The smallest absolute Gasteiger partial charge is 0.367 e. The number of piperazine rings is 1. The predicted octanol–water partition coefficient (Wildman–Crippen LogP) is 3.86. The summed E-state index contributed by atoms with van der Waals surface area (Å²) in [6, 6.07) is 13.3. The number of halogens is 3. The Bertz CT molecular complexity index is 1340. The monoisotopic (exact) mass is 494 g/mol. The molecular weight excluding hydrogens is 473 g/mol. The molecule has 2 aliphatic rings. The average Bonchev–Trinajstić information content (AvgIpc) is 3.13. The van der Waals surface area contributed by atoms with E-state index in [1.807, 2.05) is 4.90 Å².